The fourth-order valence-corrected chi connectivity index (χ4v) is 1.91. The van der Waals surface area contributed by atoms with E-state index in [2.05, 4.69) is 6.92 Å². The van der Waals surface area contributed by atoms with E-state index in [1.54, 1.807) is 0 Å². The summed E-state index contributed by atoms with van der Waals surface area (Å²) in [6, 6.07) is 0. The van der Waals surface area contributed by atoms with Crippen molar-refractivity contribution in [2.45, 2.75) is 52.4 Å². The molecule has 0 fully saturated rings. The Bertz CT molecular complexity index is 201. The van der Waals surface area contributed by atoms with Crippen molar-refractivity contribution in [1.82, 2.24) is 0 Å². The van der Waals surface area contributed by atoms with Gasteiger partial charge in [0.1, 0.15) is 0 Å². The first-order valence-corrected chi connectivity index (χ1v) is 5.03. The Hall–Kier alpha value is -0.590. The van der Waals surface area contributed by atoms with Crippen LogP contribution in [-0.4, -0.2) is 5.78 Å². The summed E-state index contributed by atoms with van der Waals surface area (Å²) in [6.45, 7) is 4.11. The minimum Gasteiger partial charge on any atom is -0.295 e. The van der Waals surface area contributed by atoms with Gasteiger partial charge in [0.05, 0.1) is 0 Å². The second-order valence-corrected chi connectivity index (χ2v) is 3.42. The molecule has 0 unspecified atom stereocenters. The number of hydrogen-bond acceptors (Lipinski definition) is 1. The number of rotatable bonds is 3. The Morgan fingerprint density at radius 2 is 1.92 bits per heavy atom. The van der Waals surface area contributed by atoms with Gasteiger partial charge in [-0.15, -0.1) is 0 Å². The zero-order valence-corrected chi connectivity index (χ0v) is 8.15. The van der Waals surface area contributed by atoms with E-state index in [0.717, 1.165) is 24.8 Å². The van der Waals surface area contributed by atoms with Crippen LogP contribution in [0.25, 0.3) is 0 Å². The Kier molecular flexibility index (Phi) is 3.51. The van der Waals surface area contributed by atoms with Gasteiger partial charge in [0, 0.05) is 6.42 Å². The molecule has 0 spiro atoms. The molecular weight excluding hydrogens is 148 g/mol. The van der Waals surface area contributed by atoms with Crippen molar-refractivity contribution in [2.24, 2.45) is 0 Å². The predicted molar refractivity (Wildman–Crippen MR) is 51.1 cm³/mol. The third kappa shape index (κ3) is 1.96. The average Bonchev–Trinajstić information content (AvgIpc) is 2.16. The van der Waals surface area contributed by atoms with Gasteiger partial charge >= 0.3 is 0 Å². The fraction of sp³-hybridized carbons (Fsp3) is 0.727. The Morgan fingerprint density at radius 1 is 1.25 bits per heavy atom. The van der Waals surface area contributed by atoms with Gasteiger partial charge in [0.15, 0.2) is 5.78 Å². The Morgan fingerprint density at radius 3 is 2.50 bits per heavy atom. The summed E-state index contributed by atoms with van der Waals surface area (Å²) in [5, 5.41) is 0. The minimum atomic E-state index is 0.381. The molecule has 0 aromatic carbocycles. The molecule has 0 radical (unpaired) electrons. The van der Waals surface area contributed by atoms with E-state index in [-0.39, 0.29) is 0 Å². The van der Waals surface area contributed by atoms with Gasteiger partial charge in [-0.05, 0) is 37.7 Å². The lowest BCUT2D eigenvalue weighted by Gasteiger charge is -2.17. The summed E-state index contributed by atoms with van der Waals surface area (Å²) >= 11 is 0. The molecule has 0 N–H and O–H groups in total. The minimum absolute atomic E-state index is 0.381. The van der Waals surface area contributed by atoms with Gasteiger partial charge in [0.25, 0.3) is 0 Å². The van der Waals surface area contributed by atoms with Crippen molar-refractivity contribution in [3.05, 3.63) is 11.1 Å². The molecule has 0 saturated carbocycles. The molecule has 0 saturated heterocycles. The van der Waals surface area contributed by atoms with Crippen molar-refractivity contribution >= 4 is 5.78 Å². The van der Waals surface area contributed by atoms with Crippen LogP contribution < -0.4 is 0 Å². The standard InChI is InChI=1S/C11H18O/c1-3-9-7-5-6-8-10(9)11(12)4-2/h3-8H2,1-2H3. The van der Waals surface area contributed by atoms with E-state index in [1.807, 2.05) is 6.92 Å². The van der Waals surface area contributed by atoms with Crippen LogP contribution >= 0.6 is 0 Å². The van der Waals surface area contributed by atoms with Gasteiger partial charge in [-0.25, -0.2) is 0 Å². The molecule has 1 aliphatic carbocycles. The smallest absolute Gasteiger partial charge is 0.158 e. The number of Topliss-reactive ketones (excluding diaryl/α,β-unsaturated/α-hetero) is 1. The third-order valence-electron chi connectivity index (χ3n) is 2.67. The van der Waals surface area contributed by atoms with E-state index in [1.165, 1.54) is 18.4 Å². The molecular formula is C11H18O. The monoisotopic (exact) mass is 166 g/mol. The highest BCUT2D eigenvalue weighted by atomic mass is 16.1. The molecule has 1 rings (SSSR count). The molecule has 0 amide bonds. The van der Waals surface area contributed by atoms with Crippen molar-refractivity contribution in [2.75, 3.05) is 0 Å². The second-order valence-electron chi connectivity index (χ2n) is 3.42. The van der Waals surface area contributed by atoms with Crippen LogP contribution in [0, 0.1) is 0 Å². The highest BCUT2D eigenvalue weighted by Gasteiger charge is 2.15. The summed E-state index contributed by atoms with van der Waals surface area (Å²) < 4.78 is 0. The lowest BCUT2D eigenvalue weighted by Crippen LogP contribution is -2.08. The number of allylic oxidation sites excluding steroid dienone is 2. The number of carbonyl (C=O) groups excluding carboxylic acids is 1. The van der Waals surface area contributed by atoms with Crippen LogP contribution in [0.4, 0.5) is 0 Å². The van der Waals surface area contributed by atoms with Crippen LogP contribution in [0.15, 0.2) is 11.1 Å². The second kappa shape index (κ2) is 4.44. The first-order chi connectivity index (χ1) is 5.79. The summed E-state index contributed by atoms with van der Waals surface area (Å²) in [5.74, 6) is 0.381. The average molecular weight is 166 g/mol. The summed E-state index contributed by atoms with van der Waals surface area (Å²) in [4.78, 5) is 11.5. The SMILES string of the molecule is CCC(=O)C1=C(CC)CCCC1. The van der Waals surface area contributed by atoms with E-state index in [0.29, 0.717) is 12.2 Å². The quantitative estimate of drug-likeness (QED) is 0.629. The topological polar surface area (TPSA) is 17.1 Å². The van der Waals surface area contributed by atoms with Crippen LogP contribution in [0.5, 0.6) is 0 Å². The van der Waals surface area contributed by atoms with Gasteiger partial charge in [-0.3, -0.25) is 4.79 Å². The maximum atomic E-state index is 11.5. The van der Waals surface area contributed by atoms with Crippen molar-refractivity contribution in [3.8, 4) is 0 Å². The maximum absolute atomic E-state index is 11.5. The van der Waals surface area contributed by atoms with Gasteiger partial charge in [-0.1, -0.05) is 19.4 Å². The van der Waals surface area contributed by atoms with Crippen LogP contribution in [0.2, 0.25) is 0 Å². The van der Waals surface area contributed by atoms with Gasteiger partial charge < -0.3 is 0 Å². The van der Waals surface area contributed by atoms with Crippen molar-refractivity contribution < 1.29 is 4.79 Å². The van der Waals surface area contributed by atoms with E-state index in [9.17, 15) is 4.79 Å². The van der Waals surface area contributed by atoms with Gasteiger partial charge in [0.2, 0.25) is 0 Å². The lowest BCUT2D eigenvalue weighted by molar-refractivity contribution is -0.115. The van der Waals surface area contributed by atoms with Crippen molar-refractivity contribution in [1.29, 1.82) is 0 Å². The first kappa shape index (κ1) is 9.50. The normalized spacial score (nSPS) is 18.2. The molecule has 1 heteroatoms. The zero-order valence-electron chi connectivity index (χ0n) is 8.15. The van der Waals surface area contributed by atoms with Crippen LogP contribution in [-0.2, 0) is 4.79 Å². The largest absolute Gasteiger partial charge is 0.295 e. The molecule has 0 aliphatic heterocycles. The molecule has 68 valence electrons. The van der Waals surface area contributed by atoms with Crippen LogP contribution in [0.3, 0.4) is 0 Å². The number of ketones is 1. The molecule has 1 aliphatic rings. The Balaban J connectivity index is 2.79. The fourth-order valence-electron chi connectivity index (χ4n) is 1.91. The Labute approximate surface area is 74.9 Å². The molecule has 0 heterocycles. The lowest BCUT2D eigenvalue weighted by atomic mass is 9.87. The van der Waals surface area contributed by atoms with E-state index < -0.39 is 0 Å². The first-order valence-electron chi connectivity index (χ1n) is 5.03. The summed E-state index contributed by atoms with van der Waals surface area (Å²) in [6.07, 6.45) is 6.45. The summed E-state index contributed by atoms with van der Waals surface area (Å²) in [7, 11) is 0. The van der Waals surface area contributed by atoms with E-state index in [4.69, 9.17) is 0 Å². The molecule has 0 bridgehead atoms. The van der Waals surface area contributed by atoms with Crippen LogP contribution in [0.1, 0.15) is 52.4 Å². The number of carbonyl (C=O) groups is 1. The molecule has 0 atom stereocenters. The molecule has 1 nitrogen and oxygen atoms in total. The zero-order chi connectivity index (χ0) is 8.97. The highest BCUT2D eigenvalue weighted by Crippen LogP contribution is 2.27. The van der Waals surface area contributed by atoms with Crippen molar-refractivity contribution in [3.63, 3.8) is 0 Å². The molecule has 0 aromatic heterocycles. The predicted octanol–water partition coefficient (Wildman–Crippen LogP) is 3.25. The number of hydrogen-bond donors (Lipinski definition) is 0. The molecule has 0 aromatic rings. The maximum Gasteiger partial charge on any atom is 0.158 e. The summed E-state index contributed by atoms with van der Waals surface area (Å²) in [5.41, 5.74) is 2.58. The van der Waals surface area contributed by atoms with E-state index >= 15 is 0 Å². The highest BCUT2D eigenvalue weighted by molar-refractivity contribution is 5.95. The molecule has 12 heavy (non-hydrogen) atoms. The van der Waals surface area contributed by atoms with Gasteiger partial charge in [-0.2, -0.15) is 0 Å². The third-order valence-corrected chi connectivity index (χ3v) is 2.67.